The zero-order chi connectivity index (χ0) is 13.1. The Labute approximate surface area is 111 Å². The first-order valence-electron chi connectivity index (χ1n) is 5.74. The Balaban J connectivity index is 2.21. The Kier molecular flexibility index (Phi) is 3.97. The number of benzene rings is 1. The fourth-order valence-electron chi connectivity index (χ4n) is 2.03. The summed E-state index contributed by atoms with van der Waals surface area (Å²) < 4.78 is 10.9. The molecule has 0 fully saturated rings. The van der Waals surface area contributed by atoms with E-state index in [0.29, 0.717) is 6.42 Å². The zero-order valence-electron chi connectivity index (χ0n) is 10.7. The normalized spacial score (nSPS) is 19.7. The first kappa shape index (κ1) is 13.0. The predicted molar refractivity (Wildman–Crippen MR) is 72.7 cm³/mol. The third-order valence-electron chi connectivity index (χ3n) is 2.95. The molecule has 1 aromatic rings. The highest BCUT2D eigenvalue weighted by Gasteiger charge is 2.27. The van der Waals surface area contributed by atoms with Crippen molar-refractivity contribution in [1.29, 1.82) is 0 Å². The topological polar surface area (TPSA) is 35.5 Å². The van der Waals surface area contributed by atoms with Crippen molar-refractivity contribution in [3.8, 4) is 5.75 Å². The van der Waals surface area contributed by atoms with Crippen LogP contribution in [0.3, 0.4) is 0 Å². The summed E-state index contributed by atoms with van der Waals surface area (Å²) in [6.45, 7) is 1.85. The summed E-state index contributed by atoms with van der Waals surface area (Å²) in [6.07, 6.45) is 2.12. The molecule has 1 aromatic carbocycles. The number of hydrogen-bond donors (Lipinski definition) is 0. The number of hydrogen-bond acceptors (Lipinski definition) is 4. The Morgan fingerprint density at radius 1 is 1.33 bits per heavy atom. The highest BCUT2D eigenvalue weighted by molar-refractivity contribution is 8.03. The molecule has 2 rings (SSSR count). The molecule has 0 aliphatic carbocycles. The molecule has 0 aromatic heterocycles. The summed E-state index contributed by atoms with van der Waals surface area (Å²) in [4.78, 5) is 12.7. The molecule has 0 bridgehead atoms. The van der Waals surface area contributed by atoms with Gasteiger partial charge in [-0.15, -0.1) is 11.8 Å². The number of ether oxygens (including phenoxy) is 2. The number of Topliss-reactive ketones (excluding diaryl/α,β-unsaturated/α-hetero) is 1. The van der Waals surface area contributed by atoms with Crippen molar-refractivity contribution < 1.29 is 14.3 Å². The molecular formula is C14H16O3S. The lowest BCUT2D eigenvalue weighted by Crippen LogP contribution is -2.18. The molecule has 1 aliphatic heterocycles. The summed E-state index contributed by atoms with van der Waals surface area (Å²) in [5, 5.41) is 0. The molecule has 0 saturated carbocycles. The molecule has 0 spiro atoms. The van der Waals surface area contributed by atoms with Crippen LogP contribution in [0, 0.1) is 0 Å². The number of ketones is 1. The van der Waals surface area contributed by atoms with Gasteiger partial charge in [0.2, 0.25) is 0 Å². The average Bonchev–Trinajstić information content (AvgIpc) is 2.38. The average molecular weight is 264 g/mol. The molecule has 0 radical (unpaired) electrons. The van der Waals surface area contributed by atoms with E-state index in [2.05, 4.69) is 0 Å². The van der Waals surface area contributed by atoms with Crippen molar-refractivity contribution >= 4 is 17.5 Å². The maximum absolute atomic E-state index is 12.0. The van der Waals surface area contributed by atoms with Crippen LogP contribution in [0.25, 0.3) is 0 Å². The van der Waals surface area contributed by atoms with E-state index in [1.807, 2.05) is 37.4 Å². The number of methoxy groups -OCH3 is 1. The van der Waals surface area contributed by atoms with Crippen molar-refractivity contribution in [3.63, 3.8) is 0 Å². The first-order valence-corrected chi connectivity index (χ1v) is 6.97. The van der Waals surface area contributed by atoms with Crippen molar-refractivity contribution in [2.45, 2.75) is 19.4 Å². The molecule has 1 heterocycles. The molecule has 0 N–H and O–H groups in total. The van der Waals surface area contributed by atoms with Gasteiger partial charge in [0.1, 0.15) is 17.6 Å². The van der Waals surface area contributed by atoms with Crippen LogP contribution in [-0.4, -0.2) is 19.1 Å². The molecule has 1 atom stereocenters. The van der Waals surface area contributed by atoms with Gasteiger partial charge in [-0.1, -0.05) is 12.1 Å². The minimum atomic E-state index is -0.181. The highest BCUT2D eigenvalue weighted by atomic mass is 32.2. The molecule has 4 heteroatoms. The quantitative estimate of drug-likeness (QED) is 0.839. The molecule has 3 nitrogen and oxygen atoms in total. The predicted octanol–water partition coefficient (Wildman–Crippen LogP) is 3.32. The van der Waals surface area contributed by atoms with Crippen LogP contribution in [-0.2, 0) is 9.53 Å². The van der Waals surface area contributed by atoms with E-state index in [0.717, 1.165) is 22.0 Å². The first-order chi connectivity index (χ1) is 8.65. The van der Waals surface area contributed by atoms with Crippen LogP contribution >= 0.6 is 11.8 Å². The van der Waals surface area contributed by atoms with Crippen molar-refractivity contribution in [1.82, 2.24) is 0 Å². The van der Waals surface area contributed by atoms with Crippen LogP contribution < -0.4 is 4.74 Å². The van der Waals surface area contributed by atoms with E-state index < -0.39 is 0 Å². The van der Waals surface area contributed by atoms with Crippen LogP contribution in [0.4, 0.5) is 0 Å². The lowest BCUT2D eigenvalue weighted by molar-refractivity contribution is -0.119. The third-order valence-corrected chi connectivity index (χ3v) is 3.88. The van der Waals surface area contributed by atoms with Gasteiger partial charge in [-0.05, 0) is 30.9 Å². The number of allylic oxidation sites excluding steroid dienone is 2. The Bertz CT molecular complexity index is 476. The van der Waals surface area contributed by atoms with Crippen LogP contribution in [0.5, 0.6) is 5.75 Å². The van der Waals surface area contributed by atoms with Crippen LogP contribution in [0.2, 0.25) is 0 Å². The summed E-state index contributed by atoms with van der Waals surface area (Å²) in [7, 11) is 1.63. The summed E-state index contributed by atoms with van der Waals surface area (Å²) in [5.41, 5.74) is 1.00. The van der Waals surface area contributed by atoms with Crippen molar-refractivity contribution in [2.75, 3.05) is 13.4 Å². The summed E-state index contributed by atoms with van der Waals surface area (Å²) >= 11 is 1.45. The molecule has 0 saturated heterocycles. The third kappa shape index (κ3) is 2.53. The Morgan fingerprint density at radius 2 is 2.00 bits per heavy atom. The van der Waals surface area contributed by atoms with E-state index >= 15 is 0 Å². The van der Waals surface area contributed by atoms with Crippen LogP contribution in [0.15, 0.2) is 34.9 Å². The van der Waals surface area contributed by atoms with Gasteiger partial charge in [-0.3, -0.25) is 4.79 Å². The minimum absolute atomic E-state index is 0.159. The molecule has 18 heavy (non-hydrogen) atoms. The summed E-state index contributed by atoms with van der Waals surface area (Å²) in [5.74, 6) is 1.68. The van der Waals surface area contributed by atoms with E-state index in [1.165, 1.54) is 11.8 Å². The Hall–Kier alpha value is -1.42. The highest BCUT2D eigenvalue weighted by Crippen LogP contribution is 2.35. The maximum Gasteiger partial charge on any atom is 0.176 e. The van der Waals surface area contributed by atoms with Gasteiger partial charge in [-0.2, -0.15) is 0 Å². The largest absolute Gasteiger partial charge is 0.497 e. The van der Waals surface area contributed by atoms with E-state index in [-0.39, 0.29) is 11.9 Å². The zero-order valence-corrected chi connectivity index (χ0v) is 11.5. The smallest absolute Gasteiger partial charge is 0.176 e. The van der Waals surface area contributed by atoms with Gasteiger partial charge < -0.3 is 9.47 Å². The number of carbonyl (C=O) groups is 1. The second kappa shape index (κ2) is 5.48. The second-order valence-corrected chi connectivity index (χ2v) is 4.91. The van der Waals surface area contributed by atoms with E-state index in [4.69, 9.17) is 9.47 Å². The maximum atomic E-state index is 12.0. The van der Waals surface area contributed by atoms with E-state index in [9.17, 15) is 4.79 Å². The van der Waals surface area contributed by atoms with Gasteiger partial charge in [0.25, 0.3) is 0 Å². The molecule has 1 aliphatic rings. The minimum Gasteiger partial charge on any atom is -0.497 e. The number of rotatable bonds is 3. The van der Waals surface area contributed by atoms with Gasteiger partial charge in [-0.25, -0.2) is 0 Å². The Morgan fingerprint density at radius 3 is 2.50 bits per heavy atom. The molecule has 96 valence electrons. The monoisotopic (exact) mass is 264 g/mol. The SMILES string of the molecule is COc1ccc(C2CC(=O)C(SC)=C(C)O2)cc1. The van der Waals surface area contributed by atoms with E-state index in [1.54, 1.807) is 7.11 Å². The van der Waals surface area contributed by atoms with Crippen molar-refractivity contribution in [3.05, 3.63) is 40.5 Å². The molecular weight excluding hydrogens is 248 g/mol. The lowest BCUT2D eigenvalue weighted by atomic mass is 10.0. The number of carbonyl (C=O) groups excluding carboxylic acids is 1. The molecule has 0 amide bonds. The molecule has 1 unspecified atom stereocenters. The lowest BCUT2D eigenvalue weighted by Gasteiger charge is -2.25. The standard InChI is InChI=1S/C14H16O3S/c1-9-14(18-3)12(15)8-13(17-9)10-4-6-11(16-2)7-5-10/h4-7,13H,8H2,1-3H3. The van der Waals surface area contributed by atoms with Crippen molar-refractivity contribution in [2.24, 2.45) is 0 Å². The summed E-state index contributed by atoms with van der Waals surface area (Å²) in [6, 6.07) is 7.64. The van der Waals surface area contributed by atoms with Gasteiger partial charge in [0.15, 0.2) is 5.78 Å². The van der Waals surface area contributed by atoms with Crippen LogP contribution in [0.1, 0.15) is 25.0 Å². The van der Waals surface area contributed by atoms with Gasteiger partial charge >= 0.3 is 0 Å². The van der Waals surface area contributed by atoms with Gasteiger partial charge in [0.05, 0.1) is 18.4 Å². The number of thioether (sulfide) groups is 1. The second-order valence-electron chi connectivity index (χ2n) is 4.10. The fourth-order valence-corrected chi connectivity index (χ4v) is 2.67. The van der Waals surface area contributed by atoms with Gasteiger partial charge in [0, 0.05) is 0 Å². The fraction of sp³-hybridized carbons (Fsp3) is 0.357.